The van der Waals surface area contributed by atoms with Gasteiger partial charge < -0.3 is 4.90 Å². The number of halogens is 1. The third kappa shape index (κ3) is 2.26. The maximum atomic E-state index is 13.6. The molecule has 4 heteroatoms. The third-order valence-corrected chi connectivity index (χ3v) is 5.11. The Balaban J connectivity index is 1.99. The molecule has 1 saturated heterocycles. The minimum absolute atomic E-state index is 0.134. The molecular formula is C17H23FN2O. The molecule has 2 fully saturated rings. The minimum atomic E-state index is -0.560. The van der Waals surface area contributed by atoms with E-state index in [1.807, 2.05) is 24.8 Å². The second-order valence-electron chi connectivity index (χ2n) is 7.21. The molecule has 3 rings (SSSR count). The maximum absolute atomic E-state index is 13.6. The quantitative estimate of drug-likeness (QED) is 0.927. The van der Waals surface area contributed by atoms with E-state index in [0.717, 1.165) is 18.4 Å². The lowest BCUT2D eigenvalue weighted by molar-refractivity contribution is -0.134. The van der Waals surface area contributed by atoms with Crippen LogP contribution >= 0.6 is 0 Å². The Bertz CT molecular complexity index is 586. The van der Waals surface area contributed by atoms with Crippen LogP contribution in [-0.4, -0.2) is 22.4 Å². The molecule has 1 saturated carbocycles. The van der Waals surface area contributed by atoms with Crippen molar-refractivity contribution in [2.24, 2.45) is 5.41 Å². The van der Waals surface area contributed by atoms with Gasteiger partial charge in [-0.15, -0.1) is 0 Å². The summed E-state index contributed by atoms with van der Waals surface area (Å²) < 4.78 is 13.6. The lowest BCUT2D eigenvalue weighted by Gasteiger charge is -2.26. The number of nitrogens with zero attached hydrogens (tertiary/aromatic N) is 1. The summed E-state index contributed by atoms with van der Waals surface area (Å²) in [6.07, 6.45) is 1.50. The van der Waals surface area contributed by atoms with Gasteiger partial charge >= 0.3 is 0 Å². The number of hydrogen-bond donors (Lipinski definition) is 1. The van der Waals surface area contributed by atoms with E-state index in [9.17, 15) is 9.18 Å². The summed E-state index contributed by atoms with van der Waals surface area (Å²) in [5, 5.41) is 3.43. The molecule has 3 atom stereocenters. The molecule has 1 aromatic rings. The fourth-order valence-electron chi connectivity index (χ4n) is 3.24. The van der Waals surface area contributed by atoms with E-state index >= 15 is 0 Å². The van der Waals surface area contributed by atoms with Crippen LogP contribution < -0.4 is 5.32 Å². The van der Waals surface area contributed by atoms with Crippen LogP contribution in [0, 0.1) is 11.2 Å². The van der Waals surface area contributed by atoms with Crippen LogP contribution in [-0.2, 0) is 4.79 Å². The van der Waals surface area contributed by atoms with Crippen molar-refractivity contribution in [2.45, 2.75) is 58.3 Å². The molecule has 114 valence electrons. The predicted octanol–water partition coefficient (Wildman–Crippen LogP) is 3.22. The minimum Gasteiger partial charge on any atom is -0.318 e. The van der Waals surface area contributed by atoms with Crippen LogP contribution in [0.2, 0.25) is 0 Å². The molecule has 21 heavy (non-hydrogen) atoms. The van der Waals surface area contributed by atoms with Gasteiger partial charge in [-0.1, -0.05) is 32.9 Å². The zero-order chi connectivity index (χ0) is 15.4. The molecule has 3 unspecified atom stereocenters. The summed E-state index contributed by atoms with van der Waals surface area (Å²) in [6, 6.07) is 6.78. The Hall–Kier alpha value is -1.42. The first kappa shape index (κ1) is 14.5. The third-order valence-electron chi connectivity index (χ3n) is 5.11. The molecule has 1 N–H and O–H groups in total. The van der Waals surface area contributed by atoms with Gasteiger partial charge in [0.05, 0.1) is 5.54 Å². The average molecular weight is 290 g/mol. The van der Waals surface area contributed by atoms with Gasteiger partial charge in [0.1, 0.15) is 12.0 Å². The van der Waals surface area contributed by atoms with Crippen LogP contribution in [0.1, 0.15) is 52.3 Å². The van der Waals surface area contributed by atoms with Crippen molar-refractivity contribution in [3.8, 4) is 0 Å². The van der Waals surface area contributed by atoms with Crippen molar-refractivity contribution in [2.75, 3.05) is 0 Å². The monoisotopic (exact) mass is 290 g/mol. The molecule has 1 amide bonds. The van der Waals surface area contributed by atoms with Gasteiger partial charge in [0.2, 0.25) is 5.91 Å². The predicted molar refractivity (Wildman–Crippen MR) is 80.0 cm³/mol. The van der Waals surface area contributed by atoms with Crippen molar-refractivity contribution in [3.63, 3.8) is 0 Å². The number of carbonyl (C=O) groups excluding carboxylic acids is 1. The summed E-state index contributed by atoms with van der Waals surface area (Å²) in [6.45, 7) is 8.30. The first-order chi connectivity index (χ1) is 9.78. The van der Waals surface area contributed by atoms with Gasteiger partial charge in [-0.25, -0.2) is 4.39 Å². The van der Waals surface area contributed by atoms with Crippen LogP contribution in [0.5, 0.6) is 0 Å². The van der Waals surface area contributed by atoms with E-state index in [1.54, 1.807) is 6.07 Å². The fourth-order valence-corrected chi connectivity index (χ4v) is 3.24. The molecule has 1 aliphatic carbocycles. The summed E-state index contributed by atoms with van der Waals surface area (Å²) in [5.74, 6) is -0.128. The second kappa shape index (κ2) is 4.54. The van der Waals surface area contributed by atoms with E-state index in [4.69, 9.17) is 0 Å². The lowest BCUT2D eigenvalue weighted by Crippen LogP contribution is -2.43. The van der Waals surface area contributed by atoms with Gasteiger partial charge in [-0.3, -0.25) is 10.1 Å². The van der Waals surface area contributed by atoms with Gasteiger partial charge in [0.15, 0.2) is 0 Å². The first-order valence-electron chi connectivity index (χ1n) is 7.64. The van der Waals surface area contributed by atoms with Crippen LogP contribution in [0.15, 0.2) is 24.3 Å². The molecular weight excluding hydrogens is 267 g/mol. The summed E-state index contributed by atoms with van der Waals surface area (Å²) >= 11 is 0. The maximum Gasteiger partial charge on any atom is 0.244 e. The molecule has 0 spiro atoms. The van der Waals surface area contributed by atoms with E-state index < -0.39 is 5.54 Å². The van der Waals surface area contributed by atoms with E-state index in [-0.39, 0.29) is 29.3 Å². The molecule has 1 aromatic carbocycles. The summed E-state index contributed by atoms with van der Waals surface area (Å²) in [4.78, 5) is 14.8. The number of hydrogen-bond acceptors (Lipinski definition) is 2. The summed E-state index contributed by atoms with van der Waals surface area (Å²) in [5.41, 5.74) is 0.417. The average Bonchev–Trinajstić information content (AvgIpc) is 2.96. The van der Waals surface area contributed by atoms with Crippen LogP contribution in [0.4, 0.5) is 4.39 Å². The molecule has 1 heterocycles. The molecule has 0 radical (unpaired) electrons. The Morgan fingerprint density at radius 1 is 1.38 bits per heavy atom. The van der Waals surface area contributed by atoms with E-state index in [1.165, 1.54) is 12.1 Å². The van der Waals surface area contributed by atoms with Gasteiger partial charge in [0.25, 0.3) is 0 Å². The zero-order valence-electron chi connectivity index (χ0n) is 13.1. The highest BCUT2D eigenvalue weighted by Gasteiger charge is 2.59. The Labute approximate surface area is 125 Å². The van der Waals surface area contributed by atoms with Gasteiger partial charge in [-0.05, 0) is 42.9 Å². The summed E-state index contributed by atoms with van der Waals surface area (Å²) in [7, 11) is 0. The van der Waals surface area contributed by atoms with Crippen molar-refractivity contribution in [3.05, 3.63) is 35.6 Å². The highest BCUT2D eigenvalue weighted by Crippen LogP contribution is 2.53. The lowest BCUT2D eigenvalue weighted by atomic mass is 9.99. The smallest absolute Gasteiger partial charge is 0.244 e. The van der Waals surface area contributed by atoms with Crippen molar-refractivity contribution >= 4 is 5.91 Å². The standard InChI is InChI=1S/C17H23FN2O/c1-5-17(4)15(21)20(13-10-16(13,2)3)14(19-17)11-7-6-8-12(18)9-11/h6-9,13-14,19H,5,10H2,1-4H3. The number of amides is 1. The fraction of sp³-hybridized carbons (Fsp3) is 0.588. The van der Waals surface area contributed by atoms with Crippen molar-refractivity contribution in [1.82, 2.24) is 10.2 Å². The molecule has 0 bridgehead atoms. The van der Waals surface area contributed by atoms with E-state index in [0.29, 0.717) is 0 Å². The first-order valence-corrected chi connectivity index (χ1v) is 7.64. The topological polar surface area (TPSA) is 32.3 Å². The van der Waals surface area contributed by atoms with Crippen molar-refractivity contribution in [1.29, 1.82) is 0 Å². The molecule has 2 aliphatic rings. The van der Waals surface area contributed by atoms with Gasteiger partial charge in [0, 0.05) is 6.04 Å². The second-order valence-corrected chi connectivity index (χ2v) is 7.21. The SMILES string of the molecule is CCC1(C)NC(c2cccc(F)c2)N(C2CC2(C)C)C1=O. The molecule has 0 aromatic heterocycles. The van der Waals surface area contributed by atoms with Crippen molar-refractivity contribution < 1.29 is 9.18 Å². The van der Waals surface area contributed by atoms with Gasteiger partial charge in [-0.2, -0.15) is 0 Å². The number of carbonyl (C=O) groups is 1. The van der Waals surface area contributed by atoms with Crippen LogP contribution in [0.3, 0.4) is 0 Å². The largest absolute Gasteiger partial charge is 0.318 e. The normalized spacial score (nSPS) is 34.3. The number of nitrogens with one attached hydrogen (secondary N) is 1. The van der Waals surface area contributed by atoms with Crippen LogP contribution in [0.25, 0.3) is 0 Å². The number of rotatable bonds is 3. The Kier molecular flexibility index (Phi) is 3.14. The molecule has 3 nitrogen and oxygen atoms in total. The molecule has 1 aliphatic heterocycles. The Morgan fingerprint density at radius 2 is 2.05 bits per heavy atom. The Morgan fingerprint density at radius 3 is 2.57 bits per heavy atom. The highest BCUT2D eigenvalue weighted by molar-refractivity contribution is 5.89. The zero-order valence-corrected chi connectivity index (χ0v) is 13.1. The van der Waals surface area contributed by atoms with E-state index in [2.05, 4.69) is 19.2 Å². The highest BCUT2D eigenvalue weighted by atomic mass is 19.1. The number of benzene rings is 1.